The van der Waals surface area contributed by atoms with Gasteiger partial charge in [-0.3, -0.25) is 0 Å². The van der Waals surface area contributed by atoms with Gasteiger partial charge in [0, 0.05) is 24.9 Å². The lowest BCUT2D eigenvalue weighted by atomic mass is 10.0. The Kier molecular flexibility index (Phi) is 2.03. The first kappa shape index (κ1) is 7.28. The van der Waals surface area contributed by atoms with Crippen molar-refractivity contribution in [1.29, 1.82) is 0 Å². The molecule has 0 aromatic carbocycles. The SMILES string of the molecule is C1=CC(c2ncccn2)CCN1. The lowest BCUT2D eigenvalue weighted by Gasteiger charge is -2.15. The van der Waals surface area contributed by atoms with Gasteiger partial charge in [-0.25, -0.2) is 9.97 Å². The van der Waals surface area contributed by atoms with Crippen LogP contribution >= 0.6 is 0 Å². The summed E-state index contributed by atoms with van der Waals surface area (Å²) in [6.07, 6.45) is 8.75. The van der Waals surface area contributed by atoms with Crippen LogP contribution in [0.25, 0.3) is 0 Å². The molecule has 62 valence electrons. The van der Waals surface area contributed by atoms with E-state index in [2.05, 4.69) is 21.4 Å². The molecule has 0 radical (unpaired) electrons. The highest BCUT2D eigenvalue weighted by atomic mass is 14.9. The zero-order valence-electron chi connectivity index (χ0n) is 6.77. The number of nitrogens with one attached hydrogen (secondary N) is 1. The van der Waals surface area contributed by atoms with Crippen molar-refractivity contribution in [3.05, 3.63) is 36.6 Å². The van der Waals surface area contributed by atoms with Gasteiger partial charge in [-0.2, -0.15) is 0 Å². The fourth-order valence-electron chi connectivity index (χ4n) is 1.32. The van der Waals surface area contributed by atoms with Crippen LogP contribution in [0, 0.1) is 0 Å². The van der Waals surface area contributed by atoms with Crippen molar-refractivity contribution in [2.75, 3.05) is 6.54 Å². The largest absolute Gasteiger partial charge is 0.391 e. The van der Waals surface area contributed by atoms with E-state index in [1.165, 1.54) is 0 Å². The quantitative estimate of drug-likeness (QED) is 0.669. The molecule has 2 rings (SSSR count). The summed E-state index contributed by atoms with van der Waals surface area (Å²) in [5, 5.41) is 3.15. The summed E-state index contributed by atoms with van der Waals surface area (Å²) < 4.78 is 0. The number of allylic oxidation sites excluding steroid dienone is 1. The maximum atomic E-state index is 4.21. The third-order valence-corrected chi connectivity index (χ3v) is 1.96. The van der Waals surface area contributed by atoms with Crippen molar-refractivity contribution in [2.24, 2.45) is 0 Å². The molecule has 1 aromatic heterocycles. The molecular formula is C9H11N3. The van der Waals surface area contributed by atoms with E-state index in [0.717, 1.165) is 18.8 Å². The Hall–Kier alpha value is -1.38. The first-order valence-electron chi connectivity index (χ1n) is 4.14. The number of aromatic nitrogens is 2. The summed E-state index contributed by atoms with van der Waals surface area (Å²) in [5.74, 6) is 1.32. The zero-order valence-corrected chi connectivity index (χ0v) is 6.77. The molecule has 3 nitrogen and oxygen atoms in total. The maximum Gasteiger partial charge on any atom is 0.135 e. The normalized spacial score (nSPS) is 21.8. The third-order valence-electron chi connectivity index (χ3n) is 1.96. The maximum absolute atomic E-state index is 4.21. The molecule has 1 aliphatic rings. The topological polar surface area (TPSA) is 37.8 Å². The summed E-state index contributed by atoms with van der Waals surface area (Å²) in [7, 11) is 0. The molecule has 0 spiro atoms. The Morgan fingerprint density at radius 1 is 1.33 bits per heavy atom. The standard InChI is InChI=1S/C9H11N3/c1-4-11-9(12-5-1)8-2-6-10-7-3-8/h1-2,4-6,8,10H,3,7H2. The lowest BCUT2D eigenvalue weighted by Crippen LogP contribution is -2.17. The fraction of sp³-hybridized carbons (Fsp3) is 0.333. The molecule has 2 heterocycles. The van der Waals surface area contributed by atoms with E-state index in [1.807, 2.05) is 12.3 Å². The molecular weight excluding hydrogens is 150 g/mol. The van der Waals surface area contributed by atoms with Gasteiger partial charge in [-0.1, -0.05) is 6.08 Å². The van der Waals surface area contributed by atoms with Crippen LogP contribution in [0.1, 0.15) is 18.2 Å². The van der Waals surface area contributed by atoms with Gasteiger partial charge >= 0.3 is 0 Å². The Morgan fingerprint density at radius 2 is 2.17 bits per heavy atom. The van der Waals surface area contributed by atoms with Crippen LogP contribution in [-0.4, -0.2) is 16.5 Å². The molecule has 1 N–H and O–H groups in total. The first-order valence-corrected chi connectivity index (χ1v) is 4.14. The Labute approximate surface area is 71.5 Å². The van der Waals surface area contributed by atoms with Crippen LogP contribution in [-0.2, 0) is 0 Å². The minimum atomic E-state index is 0.396. The van der Waals surface area contributed by atoms with Crippen molar-refractivity contribution >= 4 is 0 Å². The van der Waals surface area contributed by atoms with E-state index in [0.29, 0.717) is 5.92 Å². The van der Waals surface area contributed by atoms with Crippen LogP contribution in [0.5, 0.6) is 0 Å². The van der Waals surface area contributed by atoms with Crippen molar-refractivity contribution in [3.8, 4) is 0 Å². The average Bonchev–Trinajstić information content (AvgIpc) is 2.21. The van der Waals surface area contributed by atoms with Gasteiger partial charge in [0.1, 0.15) is 5.82 Å². The predicted molar refractivity (Wildman–Crippen MR) is 46.5 cm³/mol. The van der Waals surface area contributed by atoms with Gasteiger partial charge in [0.25, 0.3) is 0 Å². The van der Waals surface area contributed by atoms with Crippen molar-refractivity contribution in [1.82, 2.24) is 15.3 Å². The second-order valence-electron chi connectivity index (χ2n) is 2.82. The molecule has 0 amide bonds. The summed E-state index contributed by atoms with van der Waals surface area (Å²) >= 11 is 0. The molecule has 0 bridgehead atoms. The Morgan fingerprint density at radius 3 is 2.83 bits per heavy atom. The molecule has 0 fully saturated rings. The highest BCUT2D eigenvalue weighted by Gasteiger charge is 2.11. The van der Waals surface area contributed by atoms with Crippen molar-refractivity contribution < 1.29 is 0 Å². The van der Waals surface area contributed by atoms with E-state index in [1.54, 1.807) is 12.4 Å². The molecule has 1 aliphatic heterocycles. The summed E-state index contributed by atoms with van der Waals surface area (Å²) in [4.78, 5) is 8.42. The number of nitrogens with zero attached hydrogens (tertiary/aromatic N) is 2. The molecule has 12 heavy (non-hydrogen) atoms. The van der Waals surface area contributed by atoms with Gasteiger partial charge < -0.3 is 5.32 Å². The average molecular weight is 161 g/mol. The highest BCUT2D eigenvalue weighted by Crippen LogP contribution is 2.17. The number of hydrogen-bond acceptors (Lipinski definition) is 3. The summed E-state index contributed by atoms with van der Waals surface area (Å²) in [6, 6.07) is 1.84. The second kappa shape index (κ2) is 3.34. The zero-order chi connectivity index (χ0) is 8.23. The van der Waals surface area contributed by atoms with E-state index >= 15 is 0 Å². The monoisotopic (exact) mass is 161 g/mol. The van der Waals surface area contributed by atoms with E-state index in [9.17, 15) is 0 Å². The highest BCUT2D eigenvalue weighted by molar-refractivity contribution is 5.09. The summed E-state index contributed by atoms with van der Waals surface area (Å²) in [5.41, 5.74) is 0. The van der Waals surface area contributed by atoms with Gasteiger partial charge in [0.05, 0.1) is 0 Å². The summed E-state index contributed by atoms with van der Waals surface area (Å²) in [6.45, 7) is 1.01. The van der Waals surface area contributed by atoms with Gasteiger partial charge in [-0.05, 0) is 18.7 Å². The van der Waals surface area contributed by atoms with Crippen molar-refractivity contribution in [2.45, 2.75) is 12.3 Å². The third kappa shape index (κ3) is 1.44. The van der Waals surface area contributed by atoms with Crippen LogP contribution in [0.3, 0.4) is 0 Å². The van der Waals surface area contributed by atoms with E-state index < -0.39 is 0 Å². The Bertz CT molecular complexity index is 268. The minimum Gasteiger partial charge on any atom is -0.391 e. The van der Waals surface area contributed by atoms with Crippen LogP contribution in [0.4, 0.5) is 0 Å². The van der Waals surface area contributed by atoms with Gasteiger partial charge in [-0.15, -0.1) is 0 Å². The Balaban J connectivity index is 2.19. The van der Waals surface area contributed by atoms with Gasteiger partial charge in [0.2, 0.25) is 0 Å². The van der Waals surface area contributed by atoms with Crippen LogP contribution in [0.15, 0.2) is 30.7 Å². The molecule has 3 heteroatoms. The van der Waals surface area contributed by atoms with Gasteiger partial charge in [0.15, 0.2) is 0 Å². The molecule has 0 saturated carbocycles. The van der Waals surface area contributed by atoms with E-state index in [4.69, 9.17) is 0 Å². The second-order valence-corrected chi connectivity index (χ2v) is 2.82. The predicted octanol–water partition coefficient (Wildman–Crippen LogP) is 1.07. The van der Waals surface area contributed by atoms with Crippen LogP contribution in [0.2, 0.25) is 0 Å². The smallest absolute Gasteiger partial charge is 0.135 e. The first-order chi connectivity index (χ1) is 5.97. The molecule has 1 unspecified atom stereocenters. The molecule has 0 aliphatic carbocycles. The lowest BCUT2D eigenvalue weighted by molar-refractivity contribution is 0.629. The molecule has 0 saturated heterocycles. The van der Waals surface area contributed by atoms with Crippen molar-refractivity contribution in [3.63, 3.8) is 0 Å². The van der Waals surface area contributed by atoms with E-state index in [-0.39, 0.29) is 0 Å². The molecule has 1 aromatic rings. The van der Waals surface area contributed by atoms with Crippen LogP contribution < -0.4 is 5.32 Å². The fourth-order valence-corrected chi connectivity index (χ4v) is 1.32. The molecule has 1 atom stereocenters. The number of rotatable bonds is 1. The minimum absolute atomic E-state index is 0.396. The number of hydrogen-bond donors (Lipinski definition) is 1.